The Morgan fingerprint density at radius 1 is 1.00 bits per heavy atom. The number of hydrogen-bond acceptors (Lipinski definition) is 8. The van der Waals surface area contributed by atoms with E-state index in [0.29, 0.717) is 49.0 Å². The highest BCUT2D eigenvalue weighted by molar-refractivity contribution is 7.89. The predicted octanol–water partition coefficient (Wildman–Crippen LogP) is 1.97. The molecule has 0 spiro atoms. The molecule has 0 radical (unpaired) electrons. The van der Waals surface area contributed by atoms with Crippen LogP contribution in [0.4, 0.5) is 0 Å². The predicted molar refractivity (Wildman–Crippen MR) is 118 cm³/mol. The fourth-order valence-electron chi connectivity index (χ4n) is 3.49. The summed E-state index contributed by atoms with van der Waals surface area (Å²) in [5.41, 5.74) is 1.26. The van der Waals surface area contributed by atoms with Crippen LogP contribution in [0.25, 0.3) is 16.7 Å². The number of morpholine rings is 1. The summed E-state index contributed by atoms with van der Waals surface area (Å²) < 4.78 is 44.6. The molecule has 1 aliphatic rings. The van der Waals surface area contributed by atoms with Gasteiger partial charge in [-0.25, -0.2) is 17.9 Å². The molecule has 33 heavy (non-hydrogen) atoms. The summed E-state index contributed by atoms with van der Waals surface area (Å²) in [4.78, 5) is 11.6. The van der Waals surface area contributed by atoms with E-state index in [1.165, 1.54) is 10.4 Å². The first kappa shape index (κ1) is 21.3. The number of ether oxygens (including phenoxy) is 2. The van der Waals surface area contributed by atoms with Crippen LogP contribution in [0, 0.1) is 0 Å². The number of hydrogen-bond donors (Lipinski definition) is 0. The van der Waals surface area contributed by atoms with Crippen molar-refractivity contribution in [2.75, 3.05) is 26.3 Å². The summed E-state index contributed by atoms with van der Waals surface area (Å²) in [5.74, 6) is 0.532. The maximum absolute atomic E-state index is 12.8. The average molecular weight is 468 g/mol. The Balaban J connectivity index is 1.27. The van der Waals surface area contributed by atoms with Crippen molar-refractivity contribution in [1.82, 2.24) is 19.3 Å². The lowest BCUT2D eigenvalue weighted by atomic mass is 10.2. The van der Waals surface area contributed by atoms with Crippen LogP contribution in [0.3, 0.4) is 0 Å². The van der Waals surface area contributed by atoms with Crippen molar-refractivity contribution in [2.24, 2.45) is 0 Å². The van der Waals surface area contributed by atoms with Crippen molar-refractivity contribution in [3.05, 3.63) is 76.9 Å². The van der Waals surface area contributed by atoms with Crippen LogP contribution in [0.15, 0.2) is 74.9 Å². The van der Waals surface area contributed by atoms with Crippen molar-refractivity contribution >= 4 is 21.0 Å². The van der Waals surface area contributed by atoms with Gasteiger partial charge < -0.3 is 13.9 Å². The van der Waals surface area contributed by atoms with Crippen LogP contribution in [0.5, 0.6) is 5.75 Å². The minimum absolute atomic E-state index is 0.159. The second-order valence-electron chi connectivity index (χ2n) is 7.41. The monoisotopic (exact) mass is 468 g/mol. The zero-order valence-electron chi connectivity index (χ0n) is 17.5. The summed E-state index contributed by atoms with van der Waals surface area (Å²) in [6.07, 6.45) is 1.70. The number of benzene rings is 2. The van der Waals surface area contributed by atoms with Crippen LogP contribution < -0.4 is 10.4 Å². The number of aromatic nitrogens is 3. The topological polar surface area (TPSA) is 117 Å². The normalized spacial score (nSPS) is 15.0. The van der Waals surface area contributed by atoms with E-state index < -0.39 is 15.6 Å². The van der Waals surface area contributed by atoms with Crippen LogP contribution in [-0.4, -0.2) is 54.0 Å². The lowest BCUT2D eigenvalue weighted by Gasteiger charge is -2.26. The molecule has 4 aromatic rings. The number of nitrogens with zero attached hydrogens (tertiary/aromatic N) is 4. The molecule has 3 heterocycles. The number of sulfonamides is 1. The molecule has 2 aromatic heterocycles. The molecule has 0 unspecified atom stereocenters. The number of fused-ring (bicyclic) bond motifs is 1. The highest BCUT2D eigenvalue weighted by Gasteiger charge is 2.26. The van der Waals surface area contributed by atoms with Gasteiger partial charge in [0.05, 0.1) is 30.0 Å². The van der Waals surface area contributed by atoms with Crippen molar-refractivity contribution in [1.29, 1.82) is 0 Å². The van der Waals surface area contributed by atoms with Crippen molar-refractivity contribution < 1.29 is 22.3 Å². The number of rotatable bonds is 6. The Kier molecular flexibility index (Phi) is 5.67. The molecule has 0 saturated carbocycles. The van der Waals surface area contributed by atoms with Gasteiger partial charge in [0.25, 0.3) is 0 Å². The molecule has 0 bridgehead atoms. The first-order chi connectivity index (χ1) is 16.0. The fourth-order valence-corrected chi connectivity index (χ4v) is 4.89. The van der Waals surface area contributed by atoms with Crippen LogP contribution in [-0.2, 0) is 21.4 Å². The molecular formula is C22H20N4O6S. The van der Waals surface area contributed by atoms with Gasteiger partial charge in [-0.3, -0.25) is 0 Å². The fraction of sp³-hybridized carbons (Fsp3) is 0.227. The van der Waals surface area contributed by atoms with E-state index in [4.69, 9.17) is 13.9 Å². The second-order valence-corrected chi connectivity index (χ2v) is 9.35. The van der Waals surface area contributed by atoms with Gasteiger partial charge in [0, 0.05) is 30.6 Å². The van der Waals surface area contributed by atoms with Gasteiger partial charge in [0.1, 0.15) is 23.6 Å². The molecule has 0 aliphatic carbocycles. The SMILES string of the molecule is O=c1ccc2ccc(OCc3cn(-c4ccc(S(=O)(=O)N5CCOCC5)cc4)nn3)cc2o1. The Morgan fingerprint density at radius 3 is 2.55 bits per heavy atom. The minimum Gasteiger partial charge on any atom is -0.487 e. The Morgan fingerprint density at radius 2 is 1.76 bits per heavy atom. The Bertz CT molecular complexity index is 1440. The lowest BCUT2D eigenvalue weighted by Crippen LogP contribution is -2.40. The van der Waals surface area contributed by atoms with Gasteiger partial charge in [0.2, 0.25) is 10.0 Å². The van der Waals surface area contributed by atoms with E-state index in [0.717, 1.165) is 5.39 Å². The Labute approximate surface area is 189 Å². The standard InChI is InChI=1S/C22H20N4O6S/c27-22-8-2-16-1-5-19(13-21(16)32-22)31-15-17-14-26(24-23-17)18-3-6-20(7-4-18)33(28,29)25-9-11-30-12-10-25/h1-8,13-14H,9-12,15H2. The smallest absolute Gasteiger partial charge is 0.336 e. The summed E-state index contributed by atoms with van der Waals surface area (Å²) in [6.45, 7) is 1.65. The van der Waals surface area contributed by atoms with Crippen molar-refractivity contribution in [3.8, 4) is 11.4 Å². The first-order valence-electron chi connectivity index (χ1n) is 10.3. The third-order valence-electron chi connectivity index (χ3n) is 5.23. The van der Waals surface area contributed by atoms with Gasteiger partial charge in [-0.1, -0.05) is 5.21 Å². The molecule has 0 N–H and O–H groups in total. The third kappa shape index (κ3) is 4.51. The zero-order valence-corrected chi connectivity index (χ0v) is 18.3. The van der Waals surface area contributed by atoms with Crippen molar-refractivity contribution in [3.63, 3.8) is 0 Å². The van der Waals surface area contributed by atoms with Gasteiger partial charge in [-0.2, -0.15) is 4.31 Å². The zero-order chi connectivity index (χ0) is 22.8. The van der Waals surface area contributed by atoms with Crippen LogP contribution in [0.1, 0.15) is 5.69 Å². The van der Waals surface area contributed by atoms with Gasteiger partial charge >= 0.3 is 5.63 Å². The van der Waals surface area contributed by atoms with E-state index in [1.807, 2.05) is 0 Å². The molecule has 5 rings (SSSR count). The second kappa shape index (κ2) is 8.77. The summed E-state index contributed by atoms with van der Waals surface area (Å²) in [6, 6.07) is 14.8. The molecule has 170 valence electrons. The molecule has 1 aliphatic heterocycles. The summed E-state index contributed by atoms with van der Waals surface area (Å²) >= 11 is 0. The van der Waals surface area contributed by atoms with Gasteiger partial charge in [0.15, 0.2) is 0 Å². The first-order valence-corrected chi connectivity index (χ1v) is 11.7. The quantitative estimate of drug-likeness (QED) is 0.394. The maximum Gasteiger partial charge on any atom is 0.336 e. The van der Waals surface area contributed by atoms with E-state index in [9.17, 15) is 13.2 Å². The molecular weight excluding hydrogens is 448 g/mol. The van der Waals surface area contributed by atoms with E-state index in [-0.39, 0.29) is 11.5 Å². The van der Waals surface area contributed by atoms with E-state index in [1.54, 1.807) is 59.4 Å². The molecule has 10 nitrogen and oxygen atoms in total. The maximum atomic E-state index is 12.8. The van der Waals surface area contributed by atoms with E-state index >= 15 is 0 Å². The highest BCUT2D eigenvalue weighted by Crippen LogP contribution is 2.21. The van der Waals surface area contributed by atoms with E-state index in [2.05, 4.69) is 10.3 Å². The average Bonchev–Trinajstić information content (AvgIpc) is 3.32. The molecule has 0 atom stereocenters. The summed E-state index contributed by atoms with van der Waals surface area (Å²) in [7, 11) is -3.55. The van der Waals surface area contributed by atoms with Gasteiger partial charge in [-0.15, -0.1) is 5.10 Å². The van der Waals surface area contributed by atoms with Crippen LogP contribution in [0.2, 0.25) is 0 Å². The highest BCUT2D eigenvalue weighted by atomic mass is 32.2. The minimum atomic E-state index is -3.55. The molecule has 1 saturated heterocycles. The van der Waals surface area contributed by atoms with Crippen LogP contribution >= 0.6 is 0 Å². The molecule has 11 heteroatoms. The van der Waals surface area contributed by atoms with Gasteiger partial charge in [-0.05, 0) is 42.5 Å². The summed E-state index contributed by atoms with van der Waals surface area (Å²) in [5, 5.41) is 8.99. The molecule has 0 amide bonds. The largest absolute Gasteiger partial charge is 0.487 e. The molecule has 2 aromatic carbocycles. The Hall–Kier alpha value is -3.54. The third-order valence-corrected chi connectivity index (χ3v) is 7.14. The van der Waals surface area contributed by atoms with Crippen molar-refractivity contribution in [2.45, 2.75) is 11.5 Å². The molecule has 1 fully saturated rings. The lowest BCUT2D eigenvalue weighted by molar-refractivity contribution is 0.0730.